The zero-order valence-corrected chi connectivity index (χ0v) is 19.8. The summed E-state index contributed by atoms with van der Waals surface area (Å²) in [5, 5.41) is 26.3. The number of hydrogen-bond donors (Lipinski definition) is 8. The molecule has 0 fully saturated rings. The summed E-state index contributed by atoms with van der Waals surface area (Å²) < 4.78 is 0. The molecule has 34 heavy (non-hydrogen) atoms. The number of amides is 3. The SMILES string of the molecule is CC(C)C(NC(=O)C(Cc1cnc[nH]1)NC(=O)C(N)CCCCN)C(=O)NC(C(=O)O)C(C)O. The number of rotatable bonds is 15. The van der Waals surface area contributed by atoms with Crippen molar-refractivity contribution in [2.75, 3.05) is 6.54 Å². The van der Waals surface area contributed by atoms with Gasteiger partial charge in [0.25, 0.3) is 0 Å². The van der Waals surface area contributed by atoms with Gasteiger partial charge in [-0.1, -0.05) is 20.3 Å². The number of aliphatic carboxylic acids is 1. The molecule has 1 rings (SSSR count). The van der Waals surface area contributed by atoms with E-state index in [4.69, 9.17) is 11.5 Å². The molecule has 0 spiro atoms. The summed E-state index contributed by atoms with van der Waals surface area (Å²) in [6.07, 6.45) is 3.41. The van der Waals surface area contributed by atoms with Gasteiger partial charge in [0.15, 0.2) is 6.04 Å². The van der Waals surface area contributed by atoms with Crippen LogP contribution in [0.15, 0.2) is 12.5 Å². The molecule has 0 aliphatic carbocycles. The second-order valence-electron chi connectivity index (χ2n) is 8.53. The maximum absolute atomic E-state index is 13.1. The Morgan fingerprint density at radius 2 is 1.68 bits per heavy atom. The number of nitrogens with one attached hydrogen (secondary N) is 4. The van der Waals surface area contributed by atoms with E-state index in [1.54, 1.807) is 13.8 Å². The smallest absolute Gasteiger partial charge is 0.328 e. The first kappa shape index (κ1) is 29.0. The highest BCUT2D eigenvalue weighted by Gasteiger charge is 2.33. The number of hydrogen-bond acceptors (Lipinski definition) is 8. The largest absolute Gasteiger partial charge is 0.480 e. The molecular weight excluding hydrogens is 446 g/mol. The normalized spacial score (nSPS) is 15.6. The number of aromatic nitrogens is 2. The van der Waals surface area contributed by atoms with Crippen molar-refractivity contribution >= 4 is 23.7 Å². The predicted molar refractivity (Wildman–Crippen MR) is 123 cm³/mol. The van der Waals surface area contributed by atoms with Crippen LogP contribution in [-0.2, 0) is 25.6 Å². The van der Waals surface area contributed by atoms with Gasteiger partial charge >= 0.3 is 5.97 Å². The lowest BCUT2D eigenvalue weighted by atomic mass is 10.0. The first-order chi connectivity index (χ1) is 16.0. The standard InChI is InChI=1S/C21H37N7O6/c1-11(2)16(20(32)28-17(12(3)29)21(33)34)27-19(31)15(8-13-9-24-10-25-13)26-18(30)14(23)6-4-5-7-22/h9-12,14-17,29H,4-8,22-23H2,1-3H3,(H,24,25)(H,26,30)(H,27,31)(H,28,32)(H,33,34). The Hall–Kier alpha value is -3.03. The average molecular weight is 484 g/mol. The van der Waals surface area contributed by atoms with Crippen molar-refractivity contribution in [3.63, 3.8) is 0 Å². The Morgan fingerprint density at radius 3 is 2.18 bits per heavy atom. The van der Waals surface area contributed by atoms with Crippen LogP contribution in [0.2, 0.25) is 0 Å². The number of aliphatic hydroxyl groups is 1. The van der Waals surface area contributed by atoms with Gasteiger partial charge in [-0.2, -0.15) is 0 Å². The molecule has 13 nitrogen and oxygen atoms in total. The van der Waals surface area contributed by atoms with Crippen LogP contribution in [0.4, 0.5) is 0 Å². The Bertz CT molecular complexity index is 800. The number of imidazole rings is 1. The van der Waals surface area contributed by atoms with Crippen molar-refractivity contribution < 1.29 is 29.4 Å². The summed E-state index contributed by atoms with van der Waals surface area (Å²) in [7, 11) is 0. The summed E-state index contributed by atoms with van der Waals surface area (Å²) in [5.74, 6) is -3.79. The highest BCUT2D eigenvalue weighted by Crippen LogP contribution is 2.07. The fourth-order valence-corrected chi connectivity index (χ4v) is 3.16. The van der Waals surface area contributed by atoms with Crippen LogP contribution in [0.1, 0.15) is 45.7 Å². The van der Waals surface area contributed by atoms with Crippen molar-refractivity contribution in [2.45, 2.75) is 76.7 Å². The zero-order chi connectivity index (χ0) is 25.8. The van der Waals surface area contributed by atoms with Crippen LogP contribution in [0.25, 0.3) is 0 Å². The highest BCUT2D eigenvalue weighted by atomic mass is 16.4. The lowest BCUT2D eigenvalue weighted by Crippen LogP contribution is -2.60. The number of H-pyrrole nitrogens is 1. The molecule has 0 aliphatic heterocycles. The Kier molecular flexibility index (Phi) is 12.2. The van der Waals surface area contributed by atoms with Crippen molar-refractivity contribution in [3.8, 4) is 0 Å². The van der Waals surface area contributed by atoms with Crippen LogP contribution >= 0.6 is 0 Å². The molecule has 0 saturated heterocycles. The molecule has 0 saturated carbocycles. The van der Waals surface area contributed by atoms with Crippen molar-refractivity contribution in [1.82, 2.24) is 25.9 Å². The maximum atomic E-state index is 13.1. The number of nitrogens with zero attached hydrogens (tertiary/aromatic N) is 1. The van der Waals surface area contributed by atoms with Gasteiger partial charge in [-0.25, -0.2) is 9.78 Å². The Balaban J connectivity index is 2.97. The van der Waals surface area contributed by atoms with Crippen LogP contribution in [-0.4, -0.2) is 80.7 Å². The van der Waals surface area contributed by atoms with E-state index in [0.717, 1.165) is 0 Å². The minimum absolute atomic E-state index is 0.0605. The lowest BCUT2D eigenvalue weighted by Gasteiger charge is -2.27. The van der Waals surface area contributed by atoms with E-state index in [1.165, 1.54) is 19.4 Å². The van der Waals surface area contributed by atoms with Gasteiger partial charge in [0.05, 0.1) is 18.5 Å². The van der Waals surface area contributed by atoms with Gasteiger partial charge in [-0.05, 0) is 32.2 Å². The number of unbranched alkanes of at least 4 members (excludes halogenated alkanes) is 1. The topological polar surface area (TPSA) is 226 Å². The number of aliphatic hydroxyl groups excluding tert-OH is 1. The fraction of sp³-hybridized carbons (Fsp3) is 0.667. The maximum Gasteiger partial charge on any atom is 0.328 e. The van der Waals surface area contributed by atoms with Gasteiger partial charge in [-0.3, -0.25) is 14.4 Å². The summed E-state index contributed by atoms with van der Waals surface area (Å²) in [5.41, 5.74) is 12.0. The van der Waals surface area contributed by atoms with E-state index in [0.29, 0.717) is 31.5 Å². The summed E-state index contributed by atoms with van der Waals surface area (Å²) in [6.45, 7) is 5.04. The second-order valence-corrected chi connectivity index (χ2v) is 8.53. The molecular formula is C21H37N7O6. The summed E-state index contributed by atoms with van der Waals surface area (Å²) in [6, 6.07) is -4.57. The predicted octanol–water partition coefficient (Wildman–Crippen LogP) is -2.02. The first-order valence-electron chi connectivity index (χ1n) is 11.2. The number of carbonyl (C=O) groups is 4. The minimum atomic E-state index is -1.54. The third-order valence-electron chi connectivity index (χ3n) is 5.21. The van der Waals surface area contributed by atoms with E-state index in [-0.39, 0.29) is 6.42 Å². The number of nitrogens with two attached hydrogens (primary N) is 2. The molecule has 192 valence electrons. The van der Waals surface area contributed by atoms with Gasteiger partial charge in [0.1, 0.15) is 12.1 Å². The molecule has 0 bridgehead atoms. The molecule has 1 aromatic rings. The van der Waals surface area contributed by atoms with Crippen LogP contribution in [0.5, 0.6) is 0 Å². The quantitative estimate of drug-likeness (QED) is 0.129. The van der Waals surface area contributed by atoms with Gasteiger partial charge in [0.2, 0.25) is 17.7 Å². The number of carbonyl (C=O) groups excluding carboxylic acids is 3. The third-order valence-corrected chi connectivity index (χ3v) is 5.21. The lowest BCUT2D eigenvalue weighted by molar-refractivity contribution is -0.145. The molecule has 1 aromatic heterocycles. The van der Waals surface area contributed by atoms with Crippen LogP contribution in [0.3, 0.4) is 0 Å². The Labute approximate surface area is 198 Å². The molecule has 5 atom stereocenters. The molecule has 0 radical (unpaired) electrons. The third kappa shape index (κ3) is 9.45. The molecule has 5 unspecified atom stereocenters. The average Bonchev–Trinajstić information content (AvgIpc) is 3.27. The molecule has 0 aromatic carbocycles. The van der Waals surface area contributed by atoms with E-state index >= 15 is 0 Å². The molecule has 13 heteroatoms. The monoisotopic (exact) mass is 483 g/mol. The molecule has 3 amide bonds. The highest BCUT2D eigenvalue weighted by molar-refractivity contribution is 5.94. The summed E-state index contributed by atoms with van der Waals surface area (Å²) in [4.78, 5) is 56.5. The van der Waals surface area contributed by atoms with Gasteiger partial charge in [0, 0.05) is 18.3 Å². The van der Waals surface area contributed by atoms with Gasteiger partial charge < -0.3 is 42.6 Å². The zero-order valence-electron chi connectivity index (χ0n) is 19.8. The van der Waals surface area contributed by atoms with E-state index in [9.17, 15) is 29.4 Å². The molecule has 0 aliphatic rings. The van der Waals surface area contributed by atoms with E-state index in [2.05, 4.69) is 25.9 Å². The van der Waals surface area contributed by atoms with E-state index < -0.39 is 59.9 Å². The second kappa shape index (κ2) is 14.3. The van der Waals surface area contributed by atoms with Crippen LogP contribution < -0.4 is 27.4 Å². The first-order valence-corrected chi connectivity index (χ1v) is 11.2. The summed E-state index contributed by atoms with van der Waals surface area (Å²) >= 11 is 0. The number of aromatic amines is 1. The number of carboxylic acid groups (broad SMARTS) is 1. The van der Waals surface area contributed by atoms with Gasteiger partial charge in [-0.15, -0.1) is 0 Å². The van der Waals surface area contributed by atoms with Crippen molar-refractivity contribution in [3.05, 3.63) is 18.2 Å². The minimum Gasteiger partial charge on any atom is -0.480 e. The van der Waals surface area contributed by atoms with Crippen LogP contribution in [0, 0.1) is 5.92 Å². The number of carboxylic acids is 1. The molecule has 1 heterocycles. The Morgan fingerprint density at radius 1 is 1.03 bits per heavy atom. The molecule has 10 N–H and O–H groups in total. The van der Waals surface area contributed by atoms with E-state index in [1.807, 2.05) is 0 Å². The fourth-order valence-electron chi connectivity index (χ4n) is 3.16. The van der Waals surface area contributed by atoms with Crippen molar-refractivity contribution in [1.29, 1.82) is 0 Å². The van der Waals surface area contributed by atoms with Crippen molar-refractivity contribution in [2.24, 2.45) is 17.4 Å².